The molecule has 148 valence electrons. The number of ketones is 1. The first-order chi connectivity index (χ1) is 13.2. The number of fused-ring (bicyclic) bond motifs is 1. The summed E-state index contributed by atoms with van der Waals surface area (Å²) in [6.07, 6.45) is 3.53. The van der Waals surface area contributed by atoms with Crippen molar-refractivity contribution in [3.63, 3.8) is 0 Å². The fraction of sp³-hybridized carbons (Fsp3) is 0.333. The van der Waals surface area contributed by atoms with Crippen molar-refractivity contribution in [3.8, 4) is 0 Å². The topological polar surface area (TPSA) is 89.5 Å². The number of hydrogen-bond acceptors (Lipinski definition) is 5. The number of nitrogens with one attached hydrogen (secondary N) is 1. The number of rotatable bonds is 7. The average molecular weight is 401 g/mol. The molecule has 6 nitrogen and oxygen atoms in total. The number of anilines is 1. The number of benzene rings is 2. The van der Waals surface area contributed by atoms with Crippen LogP contribution in [-0.4, -0.2) is 32.5 Å². The molecule has 3 rings (SSSR count). The van der Waals surface area contributed by atoms with E-state index in [1.54, 1.807) is 0 Å². The minimum Gasteiger partial charge on any atom is -0.454 e. The molecule has 0 saturated carbocycles. The fourth-order valence-electron chi connectivity index (χ4n) is 3.35. The second-order valence-corrected chi connectivity index (χ2v) is 8.83. The Kier molecular flexibility index (Phi) is 5.84. The van der Waals surface area contributed by atoms with E-state index in [2.05, 4.69) is 10.8 Å². The molecule has 7 heteroatoms. The van der Waals surface area contributed by atoms with Crippen LogP contribution >= 0.6 is 0 Å². The molecule has 1 aliphatic carbocycles. The molecule has 2 aromatic rings. The first-order valence-corrected chi connectivity index (χ1v) is 11.0. The van der Waals surface area contributed by atoms with Gasteiger partial charge >= 0.3 is 5.97 Å². The normalized spacial score (nSPS) is 14.2. The highest BCUT2D eigenvalue weighted by Gasteiger charge is 2.20. The molecule has 28 heavy (non-hydrogen) atoms. The summed E-state index contributed by atoms with van der Waals surface area (Å²) >= 11 is 0. The predicted molar refractivity (Wildman–Crippen MR) is 107 cm³/mol. The van der Waals surface area contributed by atoms with Crippen LogP contribution in [-0.2, 0) is 38.8 Å². The summed E-state index contributed by atoms with van der Waals surface area (Å²) in [5, 5.41) is 0. The van der Waals surface area contributed by atoms with Crippen molar-refractivity contribution in [2.45, 2.75) is 38.7 Å². The summed E-state index contributed by atoms with van der Waals surface area (Å²) in [6, 6.07) is 12.0. The fourth-order valence-corrected chi connectivity index (χ4v) is 3.91. The van der Waals surface area contributed by atoms with Crippen LogP contribution in [0.5, 0.6) is 0 Å². The number of carbonyl (C=O) groups excluding carboxylic acids is 2. The number of Topliss-reactive ketones (excluding diaryl/α,β-unsaturated/α-hetero) is 1. The average Bonchev–Trinajstić information content (AvgIpc) is 3.08. The van der Waals surface area contributed by atoms with E-state index < -0.39 is 22.1 Å². The van der Waals surface area contributed by atoms with Crippen LogP contribution in [0.15, 0.2) is 42.5 Å². The number of esters is 1. The van der Waals surface area contributed by atoms with Gasteiger partial charge in [-0.15, -0.1) is 0 Å². The van der Waals surface area contributed by atoms with Crippen molar-refractivity contribution in [3.05, 3.63) is 64.7 Å². The lowest BCUT2D eigenvalue weighted by atomic mass is 10.0. The minimum absolute atomic E-state index is 0.127. The monoisotopic (exact) mass is 401 g/mol. The van der Waals surface area contributed by atoms with Gasteiger partial charge in [0.05, 0.1) is 12.7 Å². The number of ether oxygens (including phenoxy) is 1. The van der Waals surface area contributed by atoms with E-state index in [0.717, 1.165) is 31.1 Å². The van der Waals surface area contributed by atoms with Crippen molar-refractivity contribution in [2.24, 2.45) is 0 Å². The third kappa shape index (κ3) is 5.19. The van der Waals surface area contributed by atoms with E-state index in [1.165, 1.54) is 42.3 Å². The minimum atomic E-state index is -3.38. The summed E-state index contributed by atoms with van der Waals surface area (Å²) in [7, 11) is -3.38. The van der Waals surface area contributed by atoms with Gasteiger partial charge in [-0.05, 0) is 67.1 Å². The molecule has 0 aromatic heterocycles. The molecule has 1 aliphatic rings. The summed E-state index contributed by atoms with van der Waals surface area (Å²) in [5.74, 6) is -0.789. The summed E-state index contributed by atoms with van der Waals surface area (Å²) in [4.78, 5) is 24.7. The van der Waals surface area contributed by atoms with Gasteiger partial charge in [-0.2, -0.15) is 0 Å². The Morgan fingerprint density at radius 2 is 1.75 bits per heavy atom. The lowest BCUT2D eigenvalue weighted by Gasteiger charge is -2.13. The molecular formula is C21H23NO5S. The molecule has 0 aliphatic heterocycles. The van der Waals surface area contributed by atoms with Crippen LogP contribution in [0.25, 0.3) is 0 Å². The van der Waals surface area contributed by atoms with Crippen LogP contribution in [0.4, 0.5) is 5.69 Å². The molecule has 0 heterocycles. The number of hydrogen-bond donors (Lipinski definition) is 1. The zero-order chi connectivity index (χ0) is 20.3. The molecule has 2 aromatic carbocycles. The number of aryl methyl sites for hydroxylation is 2. The molecule has 0 unspecified atom stereocenters. The zero-order valence-electron chi connectivity index (χ0n) is 15.9. The van der Waals surface area contributed by atoms with Crippen molar-refractivity contribution in [2.75, 3.05) is 11.0 Å². The second-order valence-electron chi connectivity index (χ2n) is 7.08. The highest BCUT2D eigenvalue weighted by Crippen LogP contribution is 2.23. The van der Waals surface area contributed by atoms with Crippen molar-refractivity contribution in [1.29, 1.82) is 0 Å². The third-order valence-electron chi connectivity index (χ3n) is 4.66. The molecular weight excluding hydrogens is 378 g/mol. The third-order valence-corrected chi connectivity index (χ3v) is 5.27. The quantitative estimate of drug-likeness (QED) is 0.569. The summed E-state index contributed by atoms with van der Waals surface area (Å²) in [5.41, 5.74) is 4.23. The second kappa shape index (κ2) is 8.14. The first kappa shape index (κ1) is 20.1. The Morgan fingerprint density at radius 3 is 2.43 bits per heavy atom. The van der Waals surface area contributed by atoms with Crippen LogP contribution in [0, 0.1) is 0 Å². The van der Waals surface area contributed by atoms with Crippen LogP contribution in [0.2, 0.25) is 0 Å². The Balaban J connectivity index is 1.58. The van der Waals surface area contributed by atoms with E-state index in [9.17, 15) is 18.0 Å². The standard InChI is InChI=1S/C21H23NO5S/c1-14(21(24)17-8-10-19(11-9-17)22-28(2,25)26)27-20(23)13-15-6-7-16-4-3-5-18(16)12-15/h6-12,14,22H,3-5,13H2,1-2H3/t14-/m0/s1. The zero-order valence-corrected chi connectivity index (χ0v) is 16.7. The maximum Gasteiger partial charge on any atom is 0.310 e. The number of sulfonamides is 1. The largest absolute Gasteiger partial charge is 0.454 e. The van der Waals surface area contributed by atoms with Gasteiger partial charge in [0, 0.05) is 11.3 Å². The predicted octanol–water partition coefficient (Wildman–Crippen LogP) is 2.90. The van der Waals surface area contributed by atoms with Gasteiger partial charge < -0.3 is 4.74 Å². The van der Waals surface area contributed by atoms with Crippen molar-refractivity contribution in [1.82, 2.24) is 0 Å². The summed E-state index contributed by atoms with van der Waals surface area (Å²) < 4.78 is 30.1. The van der Waals surface area contributed by atoms with Crippen molar-refractivity contribution >= 4 is 27.5 Å². The van der Waals surface area contributed by atoms with Crippen LogP contribution < -0.4 is 4.72 Å². The molecule has 1 atom stereocenters. The SMILES string of the molecule is C[C@H](OC(=O)Cc1ccc2c(c1)CCC2)C(=O)c1ccc(NS(C)(=O)=O)cc1. The van der Waals surface area contributed by atoms with E-state index in [-0.39, 0.29) is 12.2 Å². The van der Waals surface area contributed by atoms with Gasteiger partial charge in [-0.3, -0.25) is 14.3 Å². The summed E-state index contributed by atoms with van der Waals surface area (Å²) in [6.45, 7) is 1.53. The Bertz CT molecular complexity index is 996. The molecule has 0 amide bonds. The molecule has 0 saturated heterocycles. The molecule has 0 bridgehead atoms. The maximum absolute atomic E-state index is 12.5. The smallest absolute Gasteiger partial charge is 0.310 e. The van der Waals surface area contributed by atoms with Gasteiger partial charge in [0.1, 0.15) is 0 Å². The van der Waals surface area contributed by atoms with E-state index in [4.69, 9.17) is 4.74 Å². The molecule has 1 N–H and O–H groups in total. The van der Waals surface area contributed by atoms with Crippen molar-refractivity contribution < 1.29 is 22.7 Å². The Labute approximate surface area is 165 Å². The first-order valence-electron chi connectivity index (χ1n) is 9.13. The molecule has 0 radical (unpaired) electrons. The lowest BCUT2D eigenvalue weighted by molar-refractivity contribution is -0.145. The van der Waals surface area contributed by atoms with E-state index >= 15 is 0 Å². The van der Waals surface area contributed by atoms with E-state index in [1.807, 2.05) is 12.1 Å². The van der Waals surface area contributed by atoms with Crippen LogP contribution in [0.3, 0.4) is 0 Å². The van der Waals surface area contributed by atoms with Gasteiger partial charge in [0.25, 0.3) is 0 Å². The Morgan fingerprint density at radius 1 is 1.07 bits per heavy atom. The van der Waals surface area contributed by atoms with Gasteiger partial charge in [-0.1, -0.05) is 18.2 Å². The Hall–Kier alpha value is -2.67. The maximum atomic E-state index is 12.5. The van der Waals surface area contributed by atoms with E-state index in [0.29, 0.717) is 11.3 Å². The highest BCUT2D eigenvalue weighted by molar-refractivity contribution is 7.92. The molecule has 0 spiro atoms. The number of carbonyl (C=O) groups is 2. The van der Waals surface area contributed by atoms with Gasteiger partial charge in [0.2, 0.25) is 15.8 Å². The lowest BCUT2D eigenvalue weighted by Crippen LogP contribution is -2.25. The van der Waals surface area contributed by atoms with Crippen LogP contribution in [0.1, 0.15) is 40.4 Å². The highest BCUT2D eigenvalue weighted by atomic mass is 32.2. The van der Waals surface area contributed by atoms with Gasteiger partial charge in [0.15, 0.2) is 6.10 Å². The molecule has 0 fully saturated rings. The van der Waals surface area contributed by atoms with Gasteiger partial charge in [-0.25, -0.2) is 8.42 Å².